The molecule has 1 N–H and O–H groups in total. The van der Waals surface area contributed by atoms with Crippen LogP contribution in [0, 0.1) is 5.82 Å². The van der Waals surface area contributed by atoms with Gasteiger partial charge in [0.1, 0.15) is 0 Å². The molecule has 82 valence electrons. The van der Waals surface area contributed by atoms with Gasteiger partial charge < -0.3 is 10.2 Å². The Hall–Kier alpha value is -0.870. The molecule has 0 aromatic carbocycles. The van der Waals surface area contributed by atoms with Gasteiger partial charge in [0.15, 0.2) is 11.6 Å². The summed E-state index contributed by atoms with van der Waals surface area (Å²) < 4.78 is 13.5. The molecule has 3 nitrogen and oxygen atoms in total. The van der Waals surface area contributed by atoms with Crippen LogP contribution in [0.1, 0.15) is 6.42 Å². The van der Waals surface area contributed by atoms with Gasteiger partial charge in [-0.1, -0.05) is 11.6 Å². The molecule has 1 unspecified atom stereocenters. The number of anilines is 1. The minimum absolute atomic E-state index is 0.313. The lowest BCUT2D eigenvalue weighted by Gasteiger charge is -2.25. The highest BCUT2D eigenvalue weighted by Crippen LogP contribution is 2.21. The van der Waals surface area contributed by atoms with Crippen LogP contribution in [0.3, 0.4) is 0 Å². The molecule has 2 rings (SSSR count). The molecule has 5 heteroatoms. The lowest BCUT2D eigenvalue weighted by Crippen LogP contribution is -2.34. The molecule has 1 atom stereocenters. The smallest absolute Gasteiger partial charge is 0.167 e. The van der Waals surface area contributed by atoms with Gasteiger partial charge in [-0.25, -0.2) is 9.37 Å². The fraction of sp³-hybridized carbons (Fsp3) is 0.500. The van der Waals surface area contributed by atoms with E-state index in [1.54, 1.807) is 0 Å². The van der Waals surface area contributed by atoms with Crippen molar-refractivity contribution in [2.75, 3.05) is 25.0 Å². The van der Waals surface area contributed by atoms with Gasteiger partial charge in [0, 0.05) is 25.8 Å². The first-order chi connectivity index (χ1) is 7.18. The van der Waals surface area contributed by atoms with E-state index in [2.05, 4.69) is 10.3 Å². The molecular formula is C10H13ClFN3. The van der Waals surface area contributed by atoms with Crippen molar-refractivity contribution in [3.8, 4) is 0 Å². The second kappa shape index (κ2) is 4.33. The Labute approximate surface area is 93.2 Å². The Morgan fingerprint density at radius 2 is 2.47 bits per heavy atom. The molecule has 1 aliphatic rings. The first-order valence-corrected chi connectivity index (χ1v) is 5.31. The van der Waals surface area contributed by atoms with Crippen molar-refractivity contribution in [3.05, 3.63) is 23.1 Å². The van der Waals surface area contributed by atoms with E-state index >= 15 is 0 Å². The van der Waals surface area contributed by atoms with E-state index in [1.165, 1.54) is 12.3 Å². The van der Waals surface area contributed by atoms with Crippen LogP contribution in [0.2, 0.25) is 5.02 Å². The highest BCUT2D eigenvalue weighted by Gasteiger charge is 2.22. The van der Waals surface area contributed by atoms with E-state index in [1.807, 2.05) is 11.9 Å². The normalized spacial score (nSPS) is 20.6. The molecular weight excluding hydrogens is 217 g/mol. The lowest BCUT2D eigenvalue weighted by atomic mass is 10.2. The van der Waals surface area contributed by atoms with Crippen molar-refractivity contribution in [1.29, 1.82) is 0 Å². The van der Waals surface area contributed by atoms with E-state index < -0.39 is 0 Å². The largest absolute Gasteiger partial charge is 0.353 e. The zero-order valence-corrected chi connectivity index (χ0v) is 9.26. The molecule has 0 amide bonds. The SMILES string of the molecule is CN(c1ncc(Cl)cc1F)C1CCNC1. The topological polar surface area (TPSA) is 28.2 Å². The number of pyridine rings is 1. The zero-order chi connectivity index (χ0) is 10.8. The molecule has 0 radical (unpaired) electrons. The van der Waals surface area contributed by atoms with Crippen LogP contribution in [-0.4, -0.2) is 31.2 Å². The van der Waals surface area contributed by atoms with Crippen LogP contribution < -0.4 is 10.2 Å². The highest BCUT2D eigenvalue weighted by atomic mass is 35.5. The van der Waals surface area contributed by atoms with Crippen LogP contribution in [0.5, 0.6) is 0 Å². The monoisotopic (exact) mass is 229 g/mol. The van der Waals surface area contributed by atoms with Crippen LogP contribution in [0.4, 0.5) is 10.2 Å². The molecule has 1 aliphatic heterocycles. The maximum absolute atomic E-state index is 13.5. The van der Waals surface area contributed by atoms with Crippen LogP contribution in [-0.2, 0) is 0 Å². The predicted octanol–water partition coefficient (Wildman–Crippen LogP) is 1.67. The van der Waals surface area contributed by atoms with Gasteiger partial charge in [-0.05, 0) is 19.0 Å². The first kappa shape index (κ1) is 10.6. The maximum atomic E-state index is 13.5. The van der Waals surface area contributed by atoms with Gasteiger partial charge in [-0.15, -0.1) is 0 Å². The van der Waals surface area contributed by atoms with E-state index in [-0.39, 0.29) is 5.82 Å². The minimum atomic E-state index is -0.364. The number of nitrogens with zero attached hydrogens (tertiary/aromatic N) is 2. The van der Waals surface area contributed by atoms with Gasteiger partial charge in [-0.3, -0.25) is 0 Å². The van der Waals surface area contributed by atoms with Crippen molar-refractivity contribution in [2.24, 2.45) is 0 Å². The zero-order valence-electron chi connectivity index (χ0n) is 8.50. The molecule has 0 bridgehead atoms. The van der Waals surface area contributed by atoms with Crippen molar-refractivity contribution < 1.29 is 4.39 Å². The molecule has 0 saturated carbocycles. The van der Waals surface area contributed by atoms with Gasteiger partial charge in [0.05, 0.1) is 5.02 Å². The number of rotatable bonds is 2. The van der Waals surface area contributed by atoms with Gasteiger partial charge in [-0.2, -0.15) is 0 Å². The van der Waals surface area contributed by atoms with Gasteiger partial charge >= 0.3 is 0 Å². The van der Waals surface area contributed by atoms with E-state index in [9.17, 15) is 4.39 Å². The molecule has 1 aromatic heterocycles. The van der Waals surface area contributed by atoms with E-state index in [0.717, 1.165) is 19.5 Å². The summed E-state index contributed by atoms with van der Waals surface area (Å²) in [6.45, 7) is 1.85. The third kappa shape index (κ3) is 2.21. The summed E-state index contributed by atoms with van der Waals surface area (Å²) in [4.78, 5) is 5.88. The van der Waals surface area contributed by atoms with Crippen LogP contribution >= 0.6 is 11.6 Å². The lowest BCUT2D eigenvalue weighted by molar-refractivity contribution is 0.595. The number of nitrogens with one attached hydrogen (secondary N) is 1. The quantitative estimate of drug-likeness (QED) is 0.836. The number of likely N-dealkylation sites (N-methyl/N-ethyl adjacent to an activating group) is 1. The maximum Gasteiger partial charge on any atom is 0.167 e. The van der Waals surface area contributed by atoms with Crippen LogP contribution in [0.15, 0.2) is 12.3 Å². The predicted molar refractivity (Wildman–Crippen MR) is 58.9 cm³/mol. The Morgan fingerprint density at radius 3 is 3.07 bits per heavy atom. The molecule has 1 aromatic rings. The summed E-state index contributed by atoms with van der Waals surface area (Å²) in [5.41, 5.74) is 0. The average Bonchev–Trinajstić information content (AvgIpc) is 2.69. The number of halogens is 2. The van der Waals surface area contributed by atoms with Crippen molar-refractivity contribution >= 4 is 17.4 Å². The molecule has 1 fully saturated rings. The Morgan fingerprint density at radius 1 is 1.67 bits per heavy atom. The molecule has 2 heterocycles. The number of aromatic nitrogens is 1. The average molecular weight is 230 g/mol. The third-order valence-electron chi connectivity index (χ3n) is 2.70. The molecule has 0 spiro atoms. The summed E-state index contributed by atoms with van der Waals surface area (Å²) in [6.07, 6.45) is 2.49. The fourth-order valence-corrected chi connectivity index (χ4v) is 1.95. The molecule has 0 aliphatic carbocycles. The van der Waals surface area contributed by atoms with E-state index in [4.69, 9.17) is 11.6 Å². The fourth-order valence-electron chi connectivity index (χ4n) is 1.81. The standard InChI is InChI=1S/C10H13ClFN3/c1-15(8-2-3-13-6-8)10-9(12)4-7(11)5-14-10/h4-5,8,13H,2-3,6H2,1H3. The summed E-state index contributed by atoms with van der Waals surface area (Å²) in [5, 5.41) is 3.56. The second-order valence-corrected chi connectivity index (χ2v) is 4.15. The van der Waals surface area contributed by atoms with Crippen molar-refractivity contribution in [3.63, 3.8) is 0 Å². The molecule has 15 heavy (non-hydrogen) atoms. The molecule has 1 saturated heterocycles. The van der Waals surface area contributed by atoms with Gasteiger partial charge in [0.2, 0.25) is 0 Å². The Kier molecular flexibility index (Phi) is 3.07. The summed E-state index contributed by atoms with van der Waals surface area (Å²) in [5.74, 6) is 0.00463. The van der Waals surface area contributed by atoms with Crippen molar-refractivity contribution in [1.82, 2.24) is 10.3 Å². The minimum Gasteiger partial charge on any atom is -0.353 e. The Balaban J connectivity index is 2.20. The first-order valence-electron chi connectivity index (χ1n) is 4.93. The highest BCUT2D eigenvalue weighted by molar-refractivity contribution is 6.30. The van der Waals surface area contributed by atoms with Crippen LogP contribution in [0.25, 0.3) is 0 Å². The van der Waals surface area contributed by atoms with E-state index in [0.29, 0.717) is 16.9 Å². The summed E-state index contributed by atoms with van der Waals surface area (Å²) in [7, 11) is 1.86. The summed E-state index contributed by atoms with van der Waals surface area (Å²) >= 11 is 5.65. The summed E-state index contributed by atoms with van der Waals surface area (Å²) in [6, 6.07) is 1.61. The second-order valence-electron chi connectivity index (χ2n) is 3.72. The van der Waals surface area contributed by atoms with Crippen molar-refractivity contribution in [2.45, 2.75) is 12.5 Å². The third-order valence-corrected chi connectivity index (χ3v) is 2.91. The number of hydrogen-bond acceptors (Lipinski definition) is 3. The number of hydrogen-bond donors (Lipinski definition) is 1. The van der Waals surface area contributed by atoms with Gasteiger partial charge in [0.25, 0.3) is 0 Å². The Bertz CT molecular complexity index is 353.